The first-order valence-electron chi connectivity index (χ1n) is 8.07. The van der Waals surface area contributed by atoms with E-state index >= 15 is 0 Å². The van der Waals surface area contributed by atoms with Gasteiger partial charge in [0.05, 0.1) is 5.41 Å². The van der Waals surface area contributed by atoms with Crippen molar-refractivity contribution >= 4 is 17.5 Å². The molecule has 0 unspecified atom stereocenters. The van der Waals surface area contributed by atoms with Crippen LogP contribution in [-0.2, 0) is 9.53 Å². The highest BCUT2D eigenvalue weighted by atomic mass is 16.5. The Kier molecular flexibility index (Phi) is 4.54. The van der Waals surface area contributed by atoms with Gasteiger partial charge < -0.3 is 15.8 Å². The Morgan fingerprint density at radius 2 is 2.08 bits per heavy atom. The first-order chi connectivity index (χ1) is 11.9. The van der Waals surface area contributed by atoms with E-state index in [0.717, 1.165) is 5.56 Å². The fourth-order valence-corrected chi connectivity index (χ4v) is 2.96. The number of nitrogens with zero attached hydrogens (tertiary/aromatic N) is 2. The van der Waals surface area contributed by atoms with Crippen LogP contribution in [0.15, 0.2) is 29.3 Å². The zero-order valence-corrected chi connectivity index (χ0v) is 13.9. The monoisotopic (exact) mass is 344 g/mol. The Bertz CT molecular complexity index is 884. The molecule has 3 heterocycles. The van der Waals surface area contributed by atoms with Crippen molar-refractivity contribution in [3.05, 3.63) is 46.0 Å². The summed E-state index contributed by atoms with van der Waals surface area (Å²) < 4.78 is 6.60. The first-order valence-corrected chi connectivity index (χ1v) is 8.07. The molecule has 3 rings (SSSR count). The van der Waals surface area contributed by atoms with E-state index in [9.17, 15) is 14.4 Å². The maximum Gasteiger partial charge on any atom is 0.270 e. The Hall–Kier alpha value is -2.74. The highest BCUT2D eigenvalue weighted by molar-refractivity contribution is 5.94. The number of rotatable bonds is 4. The Balaban J connectivity index is 1.84. The number of hydrogen-bond acceptors (Lipinski definition) is 5. The molecule has 0 aromatic carbocycles. The van der Waals surface area contributed by atoms with Gasteiger partial charge in [-0.15, -0.1) is 0 Å². The van der Waals surface area contributed by atoms with Crippen molar-refractivity contribution < 1.29 is 14.3 Å². The molecule has 1 fully saturated rings. The minimum atomic E-state index is -0.842. The van der Waals surface area contributed by atoms with E-state index in [1.807, 2.05) is 13.0 Å². The van der Waals surface area contributed by atoms with Gasteiger partial charge in [-0.3, -0.25) is 18.8 Å². The van der Waals surface area contributed by atoms with Gasteiger partial charge in [0.1, 0.15) is 11.2 Å². The number of primary amides is 1. The molecule has 0 aliphatic carbocycles. The van der Waals surface area contributed by atoms with Gasteiger partial charge in [0.2, 0.25) is 5.91 Å². The van der Waals surface area contributed by atoms with Crippen LogP contribution >= 0.6 is 0 Å². The van der Waals surface area contributed by atoms with Crippen molar-refractivity contribution in [2.75, 3.05) is 19.8 Å². The third-order valence-electron chi connectivity index (χ3n) is 4.65. The number of aromatic nitrogens is 2. The summed E-state index contributed by atoms with van der Waals surface area (Å²) in [5.74, 6) is -1.04. The van der Waals surface area contributed by atoms with Crippen molar-refractivity contribution in [1.29, 1.82) is 0 Å². The zero-order chi connectivity index (χ0) is 18.0. The number of aryl methyl sites for hydroxylation is 1. The summed E-state index contributed by atoms with van der Waals surface area (Å²) in [6.45, 7) is 2.75. The van der Waals surface area contributed by atoms with Crippen molar-refractivity contribution in [2.24, 2.45) is 11.1 Å². The predicted molar refractivity (Wildman–Crippen MR) is 90.2 cm³/mol. The van der Waals surface area contributed by atoms with Crippen LogP contribution in [0.5, 0.6) is 0 Å². The maximum absolute atomic E-state index is 12.5. The van der Waals surface area contributed by atoms with E-state index < -0.39 is 22.8 Å². The average molecular weight is 344 g/mol. The third-order valence-corrected chi connectivity index (χ3v) is 4.65. The fraction of sp³-hybridized carbons (Fsp3) is 0.412. The molecule has 0 saturated carbocycles. The van der Waals surface area contributed by atoms with Crippen LogP contribution in [0.25, 0.3) is 5.65 Å². The number of amides is 2. The number of carbonyl (C=O) groups excluding carboxylic acids is 2. The molecule has 1 aliphatic rings. The molecule has 2 amide bonds. The predicted octanol–water partition coefficient (Wildman–Crippen LogP) is 0.0148. The summed E-state index contributed by atoms with van der Waals surface area (Å²) in [4.78, 5) is 41.0. The molecule has 1 saturated heterocycles. The van der Waals surface area contributed by atoms with Crippen LogP contribution in [-0.4, -0.2) is 41.0 Å². The lowest BCUT2D eigenvalue weighted by molar-refractivity contribution is -0.132. The Labute approximate surface area is 144 Å². The quantitative estimate of drug-likeness (QED) is 0.811. The summed E-state index contributed by atoms with van der Waals surface area (Å²) in [5, 5.41) is 2.66. The van der Waals surface area contributed by atoms with E-state index in [4.69, 9.17) is 10.5 Å². The molecule has 3 N–H and O–H groups in total. The van der Waals surface area contributed by atoms with Crippen LogP contribution in [0.1, 0.15) is 28.8 Å². The Morgan fingerprint density at radius 1 is 1.36 bits per heavy atom. The summed E-state index contributed by atoms with van der Waals surface area (Å²) in [6, 6.07) is 3.55. The minimum Gasteiger partial charge on any atom is -0.381 e. The van der Waals surface area contributed by atoms with E-state index in [1.165, 1.54) is 10.6 Å². The number of fused-ring (bicyclic) bond motifs is 1. The second-order valence-corrected chi connectivity index (χ2v) is 6.35. The molecule has 132 valence electrons. The van der Waals surface area contributed by atoms with Gasteiger partial charge in [0.15, 0.2) is 0 Å². The first kappa shape index (κ1) is 17.1. The molecule has 2 aromatic rings. The average Bonchev–Trinajstić information content (AvgIpc) is 2.61. The largest absolute Gasteiger partial charge is 0.381 e. The van der Waals surface area contributed by atoms with Crippen LogP contribution in [0, 0.1) is 12.3 Å². The van der Waals surface area contributed by atoms with Gasteiger partial charge in [0, 0.05) is 32.2 Å². The molecule has 0 spiro atoms. The maximum atomic E-state index is 12.5. The van der Waals surface area contributed by atoms with E-state index in [-0.39, 0.29) is 12.1 Å². The van der Waals surface area contributed by atoms with Gasteiger partial charge in [0.25, 0.3) is 11.5 Å². The lowest BCUT2D eigenvalue weighted by Crippen LogP contribution is -2.50. The van der Waals surface area contributed by atoms with Crippen LogP contribution in [0.3, 0.4) is 0 Å². The SMILES string of the molecule is Cc1ccc2ncc(C(=O)NCC3(C(N)=O)CCOCC3)c(=O)n2c1. The normalized spacial score (nSPS) is 16.5. The second-order valence-electron chi connectivity index (χ2n) is 6.35. The zero-order valence-electron chi connectivity index (χ0n) is 13.9. The lowest BCUT2D eigenvalue weighted by Gasteiger charge is -2.34. The molecule has 8 heteroatoms. The summed E-state index contributed by atoms with van der Waals surface area (Å²) in [6.07, 6.45) is 3.77. The number of hydrogen-bond donors (Lipinski definition) is 2. The number of pyridine rings is 1. The smallest absolute Gasteiger partial charge is 0.270 e. The fourth-order valence-electron chi connectivity index (χ4n) is 2.96. The Morgan fingerprint density at radius 3 is 2.76 bits per heavy atom. The van der Waals surface area contributed by atoms with Gasteiger partial charge in [-0.2, -0.15) is 0 Å². The van der Waals surface area contributed by atoms with Crippen molar-refractivity contribution in [3.8, 4) is 0 Å². The third kappa shape index (κ3) is 3.25. The number of nitrogens with one attached hydrogen (secondary N) is 1. The minimum absolute atomic E-state index is 0.0699. The van der Waals surface area contributed by atoms with Gasteiger partial charge >= 0.3 is 0 Å². The van der Waals surface area contributed by atoms with Crippen LogP contribution < -0.4 is 16.6 Å². The van der Waals surface area contributed by atoms with E-state index in [2.05, 4.69) is 10.3 Å². The lowest BCUT2D eigenvalue weighted by atomic mass is 9.79. The van der Waals surface area contributed by atoms with Crippen molar-refractivity contribution in [2.45, 2.75) is 19.8 Å². The van der Waals surface area contributed by atoms with E-state index in [0.29, 0.717) is 31.7 Å². The number of nitrogens with two attached hydrogens (primary N) is 1. The van der Waals surface area contributed by atoms with Gasteiger partial charge in [-0.25, -0.2) is 4.98 Å². The van der Waals surface area contributed by atoms with Crippen LogP contribution in [0.4, 0.5) is 0 Å². The molecular formula is C17H20N4O4. The molecule has 0 radical (unpaired) electrons. The summed E-state index contributed by atoms with van der Waals surface area (Å²) in [5.41, 5.74) is 5.50. The van der Waals surface area contributed by atoms with Crippen molar-refractivity contribution in [3.63, 3.8) is 0 Å². The standard InChI is InChI=1S/C17H20N4O4/c1-11-2-3-13-19-8-12(15(23)21(13)9-11)14(22)20-10-17(16(18)24)4-6-25-7-5-17/h2-3,8-9H,4-7,10H2,1H3,(H2,18,24)(H,20,22). The second kappa shape index (κ2) is 6.64. The number of ether oxygens (including phenoxy) is 1. The molecule has 0 atom stereocenters. The van der Waals surface area contributed by atoms with Crippen LogP contribution in [0.2, 0.25) is 0 Å². The molecule has 1 aliphatic heterocycles. The number of carbonyl (C=O) groups is 2. The van der Waals surface area contributed by atoms with Gasteiger partial charge in [-0.1, -0.05) is 6.07 Å². The topological polar surface area (TPSA) is 116 Å². The van der Waals surface area contributed by atoms with Crippen molar-refractivity contribution in [1.82, 2.24) is 14.7 Å². The van der Waals surface area contributed by atoms with E-state index in [1.54, 1.807) is 12.3 Å². The molecule has 8 nitrogen and oxygen atoms in total. The van der Waals surface area contributed by atoms with Gasteiger partial charge in [-0.05, 0) is 31.4 Å². The highest BCUT2D eigenvalue weighted by Gasteiger charge is 2.38. The molecule has 0 bridgehead atoms. The molecule has 25 heavy (non-hydrogen) atoms. The summed E-state index contributed by atoms with van der Waals surface area (Å²) in [7, 11) is 0. The molecule has 2 aromatic heterocycles. The summed E-state index contributed by atoms with van der Waals surface area (Å²) >= 11 is 0. The highest BCUT2D eigenvalue weighted by Crippen LogP contribution is 2.29. The molecular weight excluding hydrogens is 324 g/mol.